The van der Waals surface area contributed by atoms with Crippen LogP contribution in [0.5, 0.6) is 0 Å². The summed E-state index contributed by atoms with van der Waals surface area (Å²) < 4.78 is 31.6. The van der Waals surface area contributed by atoms with Crippen LogP contribution in [0.2, 0.25) is 0 Å². The van der Waals surface area contributed by atoms with Crippen molar-refractivity contribution in [3.05, 3.63) is 0 Å². The van der Waals surface area contributed by atoms with Gasteiger partial charge in [-0.25, -0.2) is 13.1 Å². The van der Waals surface area contributed by atoms with Crippen molar-refractivity contribution in [2.24, 2.45) is 16.7 Å². The summed E-state index contributed by atoms with van der Waals surface area (Å²) in [5.41, 5.74) is -0.389. The molecule has 0 aromatic carbocycles. The van der Waals surface area contributed by atoms with Crippen LogP contribution in [0.25, 0.3) is 0 Å². The third-order valence-corrected chi connectivity index (χ3v) is 6.46. The summed E-state index contributed by atoms with van der Waals surface area (Å²) in [5, 5.41) is 3.16. The topological polar surface area (TPSA) is 84.5 Å². The lowest BCUT2D eigenvalue weighted by Crippen LogP contribution is -2.73. The van der Waals surface area contributed by atoms with Crippen molar-refractivity contribution in [3.8, 4) is 0 Å². The molecule has 0 radical (unpaired) electrons. The van der Waals surface area contributed by atoms with E-state index < -0.39 is 21.5 Å². The van der Waals surface area contributed by atoms with Crippen molar-refractivity contribution in [3.63, 3.8) is 0 Å². The zero-order valence-corrected chi connectivity index (χ0v) is 15.2. The van der Waals surface area contributed by atoms with Crippen molar-refractivity contribution in [1.29, 1.82) is 0 Å². The second kappa shape index (κ2) is 5.43. The third-order valence-electron chi connectivity index (χ3n) is 5.79. The van der Waals surface area contributed by atoms with Crippen molar-refractivity contribution in [2.75, 3.05) is 12.9 Å². The minimum absolute atomic E-state index is 0.102. The van der Waals surface area contributed by atoms with E-state index >= 15 is 0 Å². The highest BCUT2D eigenvalue weighted by atomic mass is 32.2. The fourth-order valence-electron chi connectivity index (χ4n) is 4.53. The molecular formula is C16H28N2O4S. The standard InChI is InChI=1S/C16H28N2O4S/c1-15(2,3)12(18-23(4,20)21)14(19)17-11-10-6-9-22-13(10)16(11)7-5-8-16/h10-13,18H,5-9H2,1-4H3,(H,17,19)/t10-,11+,12+,13-/m0/s1. The first-order valence-electron chi connectivity index (χ1n) is 8.44. The molecule has 0 aromatic heterocycles. The molecule has 1 heterocycles. The van der Waals surface area contributed by atoms with Crippen LogP contribution in [0.15, 0.2) is 0 Å². The number of sulfonamides is 1. The van der Waals surface area contributed by atoms with Gasteiger partial charge >= 0.3 is 0 Å². The first-order valence-corrected chi connectivity index (χ1v) is 10.3. The van der Waals surface area contributed by atoms with E-state index in [0.717, 1.165) is 32.1 Å². The van der Waals surface area contributed by atoms with Gasteiger partial charge in [-0.15, -0.1) is 0 Å². The lowest BCUT2D eigenvalue weighted by Gasteiger charge is -2.63. The molecule has 23 heavy (non-hydrogen) atoms. The molecule has 3 rings (SSSR count). The van der Waals surface area contributed by atoms with Crippen molar-refractivity contribution >= 4 is 15.9 Å². The molecule has 4 atom stereocenters. The Labute approximate surface area is 138 Å². The number of hydrogen-bond acceptors (Lipinski definition) is 4. The maximum Gasteiger partial charge on any atom is 0.238 e. The second-order valence-electron chi connectivity index (χ2n) is 8.51. The van der Waals surface area contributed by atoms with E-state index in [1.54, 1.807) is 0 Å². The molecule has 2 N–H and O–H groups in total. The van der Waals surface area contributed by atoms with Crippen LogP contribution in [0.1, 0.15) is 46.5 Å². The fourth-order valence-corrected chi connectivity index (χ4v) is 5.42. The minimum atomic E-state index is -3.45. The van der Waals surface area contributed by atoms with E-state index in [0.29, 0.717) is 5.92 Å². The fraction of sp³-hybridized carbons (Fsp3) is 0.938. The zero-order valence-electron chi connectivity index (χ0n) is 14.4. The Morgan fingerprint density at radius 2 is 1.96 bits per heavy atom. The first kappa shape index (κ1) is 17.2. The summed E-state index contributed by atoms with van der Waals surface area (Å²) in [6.07, 6.45) is 5.74. The van der Waals surface area contributed by atoms with E-state index in [-0.39, 0.29) is 23.5 Å². The molecule has 0 unspecified atom stereocenters. The zero-order chi connectivity index (χ0) is 17.0. The molecule has 1 aliphatic heterocycles. The largest absolute Gasteiger partial charge is 0.377 e. The molecule has 0 bridgehead atoms. The number of amides is 1. The quantitative estimate of drug-likeness (QED) is 0.798. The lowest BCUT2D eigenvalue weighted by atomic mass is 9.46. The highest BCUT2D eigenvalue weighted by Gasteiger charge is 2.67. The van der Waals surface area contributed by atoms with Crippen LogP contribution < -0.4 is 10.0 Å². The van der Waals surface area contributed by atoms with Gasteiger partial charge in [-0.2, -0.15) is 0 Å². The van der Waals surface area contributed by atoms with E-state index in [1.165, 1.54) is 6.42 Å². The summed E-state index contributed by atoms with van der Waals surface area (Å²) in [6, 6.07) is -0.640. The Morgan fingerprint density at radius 1 is 1.30 bits per heavy atom. The Balaban J connectivity index is 1.74. The van der Waals surface area contributed by atoms with Crippen LogP contribution >= 0.6 is 0 Å². The molecule has 1 spiro atoms. The predicted molar refractivity (Wildman–Crippen MR) is 87.3 cm³/mol. The van der Waals surface area contributed by atoms with E-state index in [2.05, 4.69) is 10.0 Å². The average molecular weight is 344 g/mol. The van der Waals surface area contributed by atoms with E-state index in [9.17, 15) is 13.2 Å². The first-order chi connectivity index (χ1) is 10.5. The number of nitrogens with one attached hydrogen (secondary N) is 2. The Hall–Kier alpha value is -0.660. The van der Waals surface area contributed by atoms with Crippen molar-refractivity contribution in [2.45, 2.75) is 64.6 Å². The number of carbonyl (C=O) groups excluding carboxylic acids is 1. The smallest absolute Gasteiger partial charge is 0.238 e. The van der Waals surface area contributed by atoms with Gasteiger partial charge in [-0.05, 0) is 24.7 Å². The van der Waals surface area contributed by atoms with Gasteiger partial charge in [0.15, 0.2) is 0 Å². The summed E-state index contributed by atoms with van der Waals surface area (Å²) >= 11 is 0. The molecule has 7 heteroatoms. The maximum absolute atomic E-state index is 12.8. The second-order valence-corrected chi connectivity index (χ2v) is 10.3. The van der Waals surface area contributed by atoms with Gasteiger partial charge in [0.1, 0.15) is 6.04 Å². The monoisotopic (exact) mass is 344 g/mol. The average Bonchev–Trinajstić information content (AvgIpc) is 2.74. The van der Waals surface area contributed by atoms with Gasteiger partial charge in [0, 0.05) is 24.0 Å². The molecule has 2 saturated carbocycles. The summed E-state index contributed by atoms with van der Waals surface area (Å²) in [7, 11) is -3.45. The van der Waals surface area contributed by atoms with Gasteiger partial charge in [0.05, 0.1) is 12.4 Å². The molecule has 3 fully saturated rings. The molecule has 132 valence electrons. The molecule has 0 aromatic rings. The molecule has 6 nitrogen and oxygen atoms in total. The van der Waals surface area contributed by atoms with Gasteiger partial charge in [-0.1, -0.05) is 27.2 Å². The highest BCUT2D eigenvalue weighted by molar-refractivity contribution is 7.88. The normalized spacial score (nSPS) is 33.5. The summed E-state index contributed by atoms with van der Waals surface area (Å²) in [6.45, 7) is 6.39. The number of carbonyl (C=O) groups is 1. The van der Waals surface area contributed by atoms with Gasteiger partial charge in [0.2, 0.25) is 15.9 Å². The SMILES string of the molecule is CC(C)(C)[C@H](NS(C)(=O)=O)C(=O)N[C@@H]1[C@@H]2CCO[C@@H]2C12CCC2. The molecule has 3 aliphatic rings. The summed E-state index contributed by atoms with van der Waals surface area (Å²) in [5.74, 6) is 0.169. The van der Waals surface area contributed by atoms with E-state index in [1.807, 2.05) is 20.8 Å². The van der Waals surface area contributed by atoms with Crippen LogP contribution in [0, 0.1) is 16.7 Å². The van der Waals surface area contributed by atoms with Crippen LogP contribution in [0.4, 0.5) is 0 Å². The van der Waals surface area contributed by atoms with Crippen LogP contribution in [-0.2, 0) is 19.6 Å². The van der Waals surface area contributed by atoms with Gasteiger partial charge in [0.25, 0.3) is 0 Å². The van der Waals surface area contributed by atoms with Gasteiger partial charge in [-0.3, -0.25) is 4.79 Å². The molecule has 1 amide bonds. The number of rotatable bonds is 4. The predicted octanol–water partition coefficient (Wildman–Crippen LogP) is 1.02. The Morgan fingerprint density at radius 3 is 2.43 bits per heavy atom. The van der Waals surface area contributed by atoms with E-state index in [4.69, 9.17) is 4.74 Å². The lowest BCUT2D eigenvalue weighted by molar-refractivity contribution is -0.180. The summed E-state index contributed by atoms with van der Waals surface area (Å²) in [4.78, 5) is 12.8. The number of hydrogen-bond donors (Lipinski definition) is 2. The Bertz CT molecular complexity index is 592. The van der Waals surface area contributed by atoms with Crippen LogP contribution in [0.3, 0.4) is 0 Å². The highest BCUT2D eigenvalue weighted by Crippen LogP contribution is 2.62. The van der Waals surface area contributed by atoms with Gasteiger partial charge < -0.3 is 10.1 Å². The number of ether oxygens (including phenoxy) is 1. The minimum Gasteiger partial charge on any atom is -0.377 e. The molecule has 2 aliphatic carbocycles. The molecule has 1 saturated heterocycles. The molecular weight excluding hydrogens is 316 g/mol. The number of fused-ring (bicyclic) bond motifs is 2. The van der Waals surface area contributed by atoms with Crippen molar-refractivity contribution in [1.82, 2.24) is 10.0 Å². The van der Waals surface area contributed by atoms with Crippen molar-refractivity contribution < 1.29 is 17.9 Å². The van der Waals surface area contributed by atoms with Crippen LogP contribution in [-0.4, -0.2) is 45.4 Å². The Kier molecular flexibility index (Phi) is 4.05. The third kappa shape index (κ3) is 2.91. The maximum atomic E-state index is 12.8.